The highest BCUT2D eigenvalue weighted by Crippen LogP contribution is 2.21. The van der Waals surface area contributed by atoms with Gasteiger partial charge in [0.15, 0.2) is 11.5 Å². The smallest absolute Gasteiger partial charge is 0.307 e. The molecule has 1 aromatic carbocycles. The molecule has 138 valence electrons. The average Bonchev–Trinajstić information content (AvgIpc) is 3.16. The lowest BCUT2D eigenvalue weighted by atomic mass is 10.1. The summed E-state index contributed by atoms with van der Waals surface area (Å²) < 4.78 is 0. The number of aromatic hydroxyl groups is 1. The summed E-state index contributed by atoms with van der Waals surface area (Å²) in [5.41, 5.74) is 0.113. The monoisotopic (exact) mass is 385 g/mol. The molecule has 0 atom stereocenters. The van der Waals surface area contributed by atoms with Gasteiger partial charge in [-0.05, 0) is 22.6 Å². The van der Waals surface area contributed by atoms with Gasteiger partial charge in [0.2, 0.25) is 5.75 Å². The van der Waals surface area contributed by atoms with Crippen LogP contribution >= 0.6 is 11.3 Å². The Morgan fingerprint density at radius 1 is 1.19 bits per heavy atom. The van der Waals surface area contributed by atoms with Crippen LogP contribution in [0.25, 0.3) is 10.7 Å². The van der Waals surface area contributed by atoms with Crippen LogP contribution in [0.5, 0.6) is 5.75 Å². The fourth-order valence-corrected chi connectivity index (χ4v) is 3.11. The van der Waals surface area contributed by atoms with E-state index in [-0.39, 0.29) is 24.5 Å². The van der Waals surface area contributed by atoms with Gasteiger partial charge in [-0.2, -0.15) is 0 Å². The van der Waals surface area contributed by atoms with Crippen molar-refractivity contribution < 1.29 is 19.8 Å². The Morgan fingerprint density at radius 2 is 1.96 bits per heavy atom. The number of benzene rings is 1. The molecule has 0 radical (unpaired) electrons. The standard InChI is InChI=1S/C18H15N3O5S/c22-13(23)8-10-3-1-4-11(7-10)9-19-17(25)14-15(24)18(26)21-16(20-14)12-5-2-6-27-12/h1-7,24H,8-9H2,(H,19,25)(H,22,23)(H,20,21,26). The van der Waals surface area contributed by atoms with Crippen LogP contribution in [-0.4, -0.2) is 32.1 Å². The minimum atomic E-state index is -0.949. The van der Waals surface area contributed by atoms with Crippen LogP contribution in [0.1, 0.15) is 21.6 Å². The number of carbonyl (C=O) groups excluding carboxylic acids is 1. The van der Waals surface area contributed by atoms with E-state index in [2.05, 4.69) is 15.3 Å². The highest BCUT2D eigenvalue weighted by Gasteiger charge is 2.18. The van der Waals surface area contributed by atoms with Gasteiger partial charge >= 0.3 is 5.97 Å². The van der Waals surface area contributed by atoms with Gasteiger partial charge in [0.1, 0.15) is 0 Å². The Morgan fingerprint density at radius 3 is 2.67 bits per heavy atom. The van der Waals surface area contributed by atoms with Gasteiger partial charge in [-0.3, -0.25) is 14.4 Å². The summed E-state index contributed by atoms with van der Waals surface area (Å²) in [5.74, 6) is -2.22. The molecule has 0 bridgehead atoms. The molecule has 2 aromatic heterocycles. The molecule has 0 aliphatic rings. The number of hydrogen-bond acceptors (Lipinski definition) is 6. The molecule has 4 N–H and O–H groups in total. The summed E-state index contributed by atoms with van der Waals surface area (Å²) in [6.45, 7) is 0.0918. The third kappa shape index (κ3) is 4.39. The number of carbonyl (C=O) groups is 2. The third-order valence-corrected chi connectivity index (χ3v) is 4.54. The Kier molecular flexibility index (Phi) is 5.32. The SMILES string of the molecule is O=C(O)Cc1cccc(CNC(=O)c2nc(-c3cccs3)[nH]c(=O)c2O)c1. The quantitative estimate of drug-likeness (QED) is 0.511. The number of aromatic nitrogens is 2. The largest absolute Gasteiger partial charge is 0.501 e. The van der Waals surface area contributed by atoms with Gasteiger partial charge < -0.3 is 20.5 Å². The van der Waals surface area contributed by atoms with E-state index in [0.29, 0.717) is 16.0 Å². The van der Waals surface area contributed by atoms with E-state index in [9.17, 15) is 19.5 Å². The third-order valence-electron chi connectivity index (χ3n) is 3.66. The number of rotatable bonds is 6. The number of carboxylic acid groups (broad SMARTS) is 1. The molecular formula is C18H15N3O5S. The van der Waals surface area contributed by atoms with Crippen molar-refractivity contribution >= 4 is 23.2 Å². The Labute approximate surface area is 157 Å². The summed E-state index contributed by atoms with van der Waals surface area (Å²) in [4.78, 5) is 42.2. The number of aromatic amines is 1. The second kappa shape index (κ2) is 7.83. The van der Waals surface area contributed by atoms with E-state index in [1.807, 2.05) is 0 Å². The topological polar surface area (TPSA) is 132 Å². The van der Waals surface area contributed by atoms with Crippen molar-refractivity contribution in [3.63, 3.8) is 0 Å². The van der Waals surface area contributed by atoms with Gasteiger partial charge in [-0.1, -0.05) is 30.3 Å². The minimum Gasteiger partial charge on any atom is -0.501 e. The van der Waals surface area contributed by atoms with E-state index < -0.39 is 23.2 Å². The normalized spacial score (nSPS) is 10.5. The lowest BCUT2D eigenvalue weighted by Crippen LogP contribution is -2.26. The number of aliphatic carboxylic acids is 1. The van der Waals surface area contributed by atoms with Crippen molar-refractivity contribution in [3.8, 4) is 16.5 Å². The van der Waals surface area contributed by atoms with Crippen molar-refractivity contribution in [3.05, 3.63) is 69.0 Å². The van der Waals surface area contributed by atoms with Crippen LogP contribution < -0.4 is 10.9 Å². The summed E-state index contributed by atoms with van der Waals surface area (Å²) in [6.07, 6.45) is -0.123. The first-order chi connectivity index (χ1) is 12.9. The highest BCUT2D eigenvalue weighted by molar-refractivity contribution is 7.13. The van der Waals surface area contributed by atoms with Crippen LogP contribution in [0.4, 0.5) is 0 Å². The molecule has 0 unspecified atom stereocenters. The summed E-state index contributed by atoms with van der Waals surface area (Å²) in [7, 11) is 0. The molecule has 0 spiro atoms. The summed E-state index contributed by atoms with van der Waals surface area (Å²) >= 11 is 1.33. The van der Waals surface area contributed by atoms with Crippen molar-refractivity contribution in [1.82, 2.24) is 15.3 Å². The highest BCUT2D eigenvalue weighted by atomic mass is 32.1. The Hall–Kier alpha value is -3.46. The second-order valence-electron chi connectivity index (χ2n) is 5.66. The van der Waals surface area contributed by atoms with Crippen LogP contribution in [0, 0.1) is 0 Å². The number of amides is 1. The van der Waals surface area contributed by atoms with E-state index in [1.54, 1.807) is 41.8 Å². The summed E-state index contributed by atoms with van der Waals surface area (Å²) in [6, 6.07) is 10.3. The predicted molar refractivity (Wildman–Crippen MR) is 98.8 cm³/mol. The Bertz CT molecular complexity index is 1040. The molecule has 0 saturated carbocycles. The minimum absolute atomic E-state index is 0.0918. The maximum absolute atomic E-state index is 12.4. The molecule has 1 amide bonds. The maximum Gasteiger partial charge on any atom is 0.307 e. The van der Waals surface area contributed by atoms with Crippen molar-refractivity contribution in [2.24, 2.45) is 0 Å². The first kappa shape index (κ1) is 18.3. The molecule has 0 aliphatic heterocycles. The number of H-pyrrole nitrogens is 1. The van der Waals surface area contributed by atoms with Crippen LogP contribution in [0.3, 0.4) is 0 Å². The zero-order valence-corrected chi connectivity index (χ0v) is 14.7. The number of thiophene rings is 1. The zero-order chi connectivity index (χ0) is 19.4. The molecule has 0 fully saturated rings. The van der Waals surface area contributed by atoms with E-state index in [0.717, 1.165) is 0 Å². The van der Waals surface area contributed by atoms with Crippen LogP contribution in [-0.2, 0) is 17.8 Å². The molecule has 0 saturated heterocycles. The first-order valence-corrected chi connectivity index (χ1v) is 8.77. The van der Waals surface area contributed by atoms with E-state index in [4.69, 9.17) is 5.11 Å². The average molecular weight is 385 g/mol. The number of carboxylic acids is 1. The molecule has 8 nitrogen and oxygen atoms in total. The van der Waals surface area contributed by atoms with E-state index in [1.165, 1.54) is 11.3 Å². The Balaban J connectivity index is 1.79. The summed E-state index contributed by atoms with van der Waals surface area (Å²) in [5, 5.41) is 23.1. The zero-order valence-electron chi connectivity index (χ0n) is 13.9. The van der Waals surface area contributed by atoms with Gasteiger partial charge in [0.25, 0.3) is 11.5 Å². The molecular weight excluding hydrogens is 370 g/mol. The van der Waals surface area contributed by atoms with Crippen molar-refractivity contribution in [1.29, 1.82) is 0 Å². The molecule has 3 aromatic rings. The van der Waals surface area contributed by atoms with Crippen LogP contribution in [0.15, 0.2) is 46.6 Å². The number of nitrogens with zero attached hydrogens (tertiary/aromatic N) is 1. The molecule has 0 aliphatic carbocycles. The number of hydrogen-bond donors (Lipinski definition) is 4. The molecule has 3 rings (SSSR count). The van der Waals surface area contributed by atoms with E-state index >= 15 is 0 Å². The molecule has 2 heterocycles. The van der Waals surface area contributed by atoms with Crippen LogP contribution in [0.2, 0.25) is 0 Å². The lowest BCUT2D eigenvalue weighted by molar-refractivity contribution is -0.136. The van der Waals surface area contributed by atoms with Crippen molar-refractivity contribution in [2.75, 3.05) is 0 Å². The van der Waals surface area contributed by atoms with Gasteiger partial charge in [-0.25, -0.2) is 4.98 Å². The van der Waals surface area contributed by atoms with Gasteiger partial charge in [-0.15, -0.1) is 11.3 Å². The fourth-order valence-electron chi connectivity index (χ4n) is 2.45. The molecule has 9 heteroatoms. The maximum atomic E-state index is 12.4. The fraction of sp³-hybridized carbons (Fsp3) is 0.111. The van der Waals surface area contributed by atoms with Gasteiger partial charge in [0.05, 0.1) is 11.3 Å². The van der Waals surface area contributed by atoms with Crippen molar-refractivity contribution in [2.45, 2.75) is 13.0 Å². The number of nitrogens with one attached hydrogen (secondary N) is 2. The molecule has 27 heavy (non-hydrogen) atoms. The first-order valence-electron chi connectivity index (χ1n) is 7.89. The second-order valence-corrected chi connectivity index (χ2v) is 6.61. The lowest BCUT2D eigenvalue weighted by Gasteiger charge is -2.08. The predicted octanol–water partition coefficient (Wildman–Crippen LogP) is 1.76. The van der Waals surface area contributed by atoms with Gasteiger partial charge in [0, 0.05) is 6.54 Å².